The van der Waals surface area contributed by atoms with E-state index in [9.17, 15) is 0 Å². The Bertz CT molecular complexity index is 3530. The van der Waals surface area contributed by atoms with Gasteiger partial charge >= 0.3 is 0 Å². The zero-order chi connectivity index (χ0) is 40.8. The van der Waals surface area contributed by atoms with Gasteiger partial charge in [0, 0.05) is 36.9 Å². The molecule has 2 aliphatic carbocycles. The van der Waals surface area contributed by atoms with Crippen molar-refractivity contribution in [1.82, 2.24) is 15.0 Å². The first-order valence-electron chi connectivity index (χ1n) is 21.1. The molecular weight excluding hydrogens is 771 g/mol. The molecule has 9 aromatic carbocycles. The van der Waals surface area contributed by atoms with Crippen molar-refractivity contribution in [3.05, 3.63) is 235 Å². The molecule has 0 amide bonds. The van der Waals surface area contributed by atoms with Gasteiger partial charge in [-0.15, -0.1) is 11.3 Å². The van der Waals surface area contributed by atoms with Gasteiger partial charge in [-0.05, 0) is 97.1 Å². The lowest BCUT2D eigenvalue weighted by Gasteiger charge is -2.30. The Kier molecular flexibility index (Phi) is 7.69. The predicted octanol–water partition coefficient (Wildman–Crippen LogP) is 14.9. The number of hydrogen-bond acceptors (Lipinski definition) is 4. The van der Waals surface area contributed by atoms with Crippen LogP contribution < -0.4 is 0 Å². The Morgan fingerprint density at radius 2 is 0.774 bits per heavy atom. The van der Waals surface area contributed by atoms with E-state index in [1.807, 2.05) is 35.6 Å². The molecule has 4 heteroatoms. The highest BCUT2D eigenvalue weighted by molar-refractivity contribution is 7.26. The average Bonchev–Trinajstić information content (AvgIpc) is 3.98. The molecule has 0 bridgehead atoms. The van der Waals surface area contributed by atoms with Crippen molar-refractivity contribution >= 4 is 31.5 Å². The van der Waals surface area contributed by atoms with Crippen molar-refractivity contribution in [2.45, 2.75) is 5.41 Å². The van der Waals surface area contributed by atoms with Crippen LogP contribution in [0.5, 0.6) is 0 Å². The fourth-order valence-corrected chi connectivity index (χ4v) is 11.4. The molecule has 0 saturated carbocycles. The second-order valence-corrected chi connectivity index (χ2v) is 17.3. The van der Waals surface area contributed by atoms with Crippen molar-refractivity contribution in [3.63, 3.8) is 0 Å². The molecule has 0 radical (unpaired) electrons. The molecule has 62 heavy (non-hydrogen) atoms. The lowest BCUT2D eigenvalue weighted by atomic mass is 9.70. The first-order valence-corrected chi connectivity index (χ1v) is 21.9. The third kappa shape index (κ3) is 5.14. The van der Waals surface area contributed by atoms with Gasteiger partial charge in [0.1, 0.15) is 0 Å². The van der Waals surface area contributed by atoms with E-state index in [-0.39, 0.29) is 0 Å². The standard InChI is InChI=1S/C58H35N3S/c1-3-15-36(16-4-1)38-19-13-20-41(33-38)56-59-55(37-17-5-2-6-18-37)60-57(61-56)46-24-14-28-53-54(46)47-34-39(30-32-52(47)62-53)40-29-31-45-44-23-9-12-27-50(44)58(51(45)35-40)48-25-10-7-21-42(48)43-22-8-11-26-49(43)58/h1-35H. The smallest absolute Gasteiger partial charge is 0.164 e. The van der Waals surface area contributed by atoms with Crippen molar-refractivity contribution in [2.75, 3.05) is 0 Å². The molecule has 11 aromatic rings. The SMILES string of the molecule is c1ccc(-c2cccc(-c3nc(-c4ccccc4)nc(-c4cccc5sc6ccc(-c7ccc8c(c7)C7(c9ccccc9-c9ccccc97)c7ccccc7-8)cc6c45)n3)c2)cc1. The van der Waals surface area contributed by atoms with Gasteiger partial charge in [0.25, 0.3) is 0 Å². The van der Waals surface area contributed by atoms with Crippen LogP contribution in [0.2, 0.25) is 0 Å². The Labute approximate surface area is 363 Å². The van der Waals surface area contributed by atoms with Crippen LogP contribution in [0.3, 0.4) is 0 Å². The Morgan fingerprint density at radius 3 is 1.47 bits per heavy atom. The lowest BCUT2D eigenvalue weighted by molar-refractivity contribution is 0.794. The monoisotopic (exact) mass is 805 g/mol. The number of benzene rings is 9. The summed E-state index contributed by atoms with van der Waals surface area (Å²) in [6, 6.07) is 76.8. The summed E-state index contributed by atoms with van der Waals surface area (Å²) in [7, 11) is 0. The van der Waals surface area contributed by atoms with Gasteiger partial charge in [-0.25, -0.2) is 15.0 Å². The van der Waals surface area contributed by atoms with E-state index in [0.717, 1.165) is 33.2 Å². The van der Waals surface area contributed by atoms with Gasteiger partial charge in [-0.2, -0.15) is 0 Å². The van der Waals surface area contributed by atoms with E-state index in [2.05, 4.69) is 188 Å². The normalized spacial score (nSPS) is 13.0. The maximum absolute atomic E-state index is 5.27. The second-order valence-electron chi connectivity index (χ2n) is 16.3. The van der Waals surface area contributed by atoms with Crippen LogP contribution in [-0.4, -0.2) is 15.0 Å². The van der Waals surface area contributed by atoms with E-state index in [4.69, 9.17) is 15.0 Å². The van der Waals surface area contributed by atoms with Crippen LogP contribution in [0.15, 0.2) is 212 Å². The van der Waals surface area contributed by atoms with Gasteiger partial charge in [0.2, 0.25) is 0 Å². The molecular formula is C58H35N3S. The summed E-state index contributed by atoms with van der Waals surface area (Å²) in [6.07, 6.45) is 0. The van der Waals surface area contributed by atoms with Gasteiger partial charge in [0.15, 0.2) is 17.5 Å². The maximum Gasteiger partial charge on any atom is 0.164 e. The molecule has 0 fully saturated rings. The molecule has 0 saturated heterocycles. The summed E-state index contributed by atoms with van der Waals surface area (Å²) in [6.45, 7) is 0. The minimum Gasteiger partial charge on any atom is -0.208 e. The summed E-state index contributed by atoms with van der Waals surface area (Å²) in [5, 5.41) is 2.36. The maximum atomic E-state index is 5.27. The third-order valence-corrected chi connectivity index (χ3v) is 14.1. The van der Waals surface area contributed by atoms with Crippen LogP contribution >= 0.6 is 11.3 Å². The zero-order valence-electron chi connectivity index (χ0n) is 33.5. The van der Waals surface area contributed by atoms with Crippen molar-refractivity contribution in [3.8, 4) is 78.7 Å². The van der Waals surface area contributed by atoms with E-state index in [0.29, 0.717) is 17.5 Å². The second kappa shape index (κ2) is 13.6. The summed E-state index contributed by atoms with van der Waals surface area (Å²) >= 11 is 1.82. The topological polar surface area (TPSA) is 38.7 Å². The number of rotatable bonds is 5. The number of aromatic nitrogens is 3. The molecule has 2 heterocycles. The van der Waals surface area contributed by atoms with Gasteiger partial charge in [-0.3, -0.25) is 0 Å². The van der Waals surface area contributed by atoms with Crippen LogP contribution in [-0.2, 0) is 5.41 Å². The highest BCUT2D eigenvalue weighted by Crippen LogP contribution is 2.63. The van der Waals surface area contributed by atoms with Crippen molar-refractivity contribution < 1.29 is 0 Å². The fraction of sp³-hybridized carbons (Fsp3) is 0.0172. The van der Waals surface area contributed by atoms with E-state index >= 15 is 0 Å². The minimum atomic E-state index is -0.394. The molecule has 0 aliphatic heterocycles. The van der Waals surface area contributed by atoms with Crippen LogP contribution in [0.4, 0.5) is 0 Å². The quantitative estimate of drug-likeness (QED) is 0.174. The first kappa shape index (κ1) is 35.0. The number of fused-ring (bicyclic) bond motifs is 13. The molecule has 3 nitrogen and oxygen atoms in total. The predicted molar refractivity (Wildman–Crippen MR) is 256 cm³/mol. The molecule has 288 valence electrons. The molecule has 0 atom stereocenters. The molecule has 0 unspecified atom stereocenters. The van der Waals surface area contributed by atoms with Crippen molar-refractivity contribution in [1.29, 1.82) is 0 Å². The highest BCUT2D eigenvalue weighted by Gasteiger charge is 2.51. The summed E-state index contributed by atoms with van der Waals surface area (Å²) in [5.74, 6) is 1.95. The molecule has 2 aliphatic rings. The fourth-order valence-electron chi connectivity index (χ4n) is 10.3. The van der Waals surface area contributed by atoms with Crippen LogP contribution in [0, 0.1) is 0 Å². The summed E-state index contributed by atoms with van der Waals surface area (Å²) < 4.78 is 2.43. The van der Waals surface area contributed by atoms with Crippen LogP contribution in [0.1, 0.15) is 22.3 Å². The molecule has 13 rings (SSSR count). The summed E-state index contributed by atoms with van der Waals surface area (Å²) in [5.41, 5.74) is 17.8. The molecule has 2 aromatic heterocycles. The minimum absolute atomic E-state index is 0.394. The Hall–Kier alpha value is -7.79. The average molecular weight is 806 g/mol. The van der Waals surface area contributed by atoms with Gasteiger partial charge in [-0.1, -0.05) is 182 Å². The first-order chi connectivity index (χ1) is 30.7. The lowest BCUT2D eigenvalue weighted by Crippen LogP contribution is -2.25. The van der Waals surface area contributed by atoms with Gasteiger partial charge in [0.05, 0.1) is 5.41 Å². The van der Waals surface area contributed by atoms with E-state index in [1.54, 1.807) is 0 Å². The zero-order valence-corrected chi connectivity index (χ0v) is 34.3. The van der Waals surface area contributed by atoms with E-state index in [1.165, 1.54) is 70.4 Å². The molecule has 1 spiro atoms. The van der Waals surface area contributed by atoms with Crippen LogP contribution in [0.25, 0.3) is 98.8 Å². The van der Waals surface area contributed by atoms with Crippen molar-refractivity contribution in [2.24, 2.45) is 0 Å². The summed E-state index contributed by atoms with van der Waals surface area (Å²) in [4.78, 5) is 15.6. The number of thiophene rings is 1. The molecule has 0 N–H and O–H groups in total. The third-order valence-electron chi connectivity index (χ3n) is 13.0. The highest BCUT2D eigenvalue weighted by atomic mass is 32.1. The largest absolute Gasteiger partial charge is 0.208 e. The van der Waals surface area contributed by atoms with Gasteiger partial charge < -0.3 is 0 Å². The Balaban J connectivity index is 0.993. The number of nitrogens with zero attached hydrogens (tertiary/aromatic N) is 3. The number of hydrogen-bond donors (Lipinski definition) is 0. The van der Waals surface area contributed by atoms with E-state index < -0.39 is 5.41 Å². The Morgan fingerprint density at radius 1 is 0.290 bits per heavy atom.